The number of hydrogen-bond donors (Lipinski definition) is 1. The molecule has 1 heterocycles. The summed E-state index contributed by atoms with van der Waals surface area (Å²) < 4.78 is 5.65. The second-order valence-corrected chi connectivity index (χ2v) is 6.09. The van der Waals surface area contributed by atoms with Gasteiger partial charge in [0, 0.05) is 6.42 Å². The van der Waals surface area contributed by atoms with E-state index < -0.39 is 5.97 Å². The van der Waals surface area contributed by atoms with E-state index in [0.29, 0.717) is 18.6 Å². The summed E-state index contributed by atoms with van der Waals surface area (Å²) in [5.41, 5.74) is 0. The highest BCUT2D eigenvalue weighted by Gasteiger charge is 2.35. The smallest absolute Gasteiger partial charge is 0.303 e. The molecule has 3 nitrogen and oxygen atoms in total. The van der Waals surface area contributed by atoms with Crippen molar-refractivity contribution in [3.63, 3.8) is 0 Å². The first-order valence-corrected chi connectivity index (χ1v) is 9.36. The number of carbonyl (C=O) groups is 1. The van der Waals surface area contributed by atoms with Crippen molar-refractivity contribution in [2.24, 2.45) is 0 Å². The molecule has 0 aromatic carbocycles. The molecule has 0 radical (unpaired) electrons. The minimum Gasteiger partial charge on any atom is -0.481 e. The normalized spacial score (nSPS) is 20.8. The topological polar surface area (TPSA) is 49.8 Å². The predicted molar refractivity (Wildman–Crippen MR) is 105 cm³/mol. The summed E-state index contributed by atoms with van der Waals surface area (Å²) in [6.45, 7) is 2.15. The minimum absolute atomic E-state index is 0.207. The van der Waals surface area contributed by atoms with Crippen LogP contribution in [0.5, 0.6) is 0 Å². The average Bonchev–Trinajstić information content (AvgIpc) is 3.34. The van der Waals surface area contributed by atoms with Crippen LogP contribution in [0.3, 0.4) is 0 Å². The number of allylic oxidation sites excluding steroid dienone is 8. The highest BCUT2D eigenvalue weighted by atomic mass is 16.6. The molecule has 1 aliphatic heterocycles. The van der Waals surface area contributed by atoms with Crippen LogP contribution in [0, 0.1) is 0 Å². The van der Waals surface area contributed by atoms with Crippen LogP contribution in [0.4, 0.5) is 0 Å². The van der Waals surface area contributed by atoms with Gasteiger partial charge >= 0.3 is 5.97 Å². The zero-order valence-electron chi connectivity index (χ0n) is 15.3. The van der Waals surface area contributed by atoms with Crippen LogP contribution < -0.4 is 0 Å². The molecule has 0 spiro atoms. The van der Waals surface area contributed by atoms with Crippen molar-refractivity contribution < 1.29 is 14.6 Å². The lowest BCUT2D eigenvalue weighted by molar-refractivity contribution is -0.136. The third-order valence-corrected chi connectivity index (χ3v) is 3.83. The molecule has 0 aliphatic carbocycles. The highest BCUT2D eigenvalue weighted by Crippen LogP contribution is 2.29. The van der Waals surface area contributed by atoms with Crippen molar-refractivity contribution in [2.45, 2.75) is 70.5 Å². The van der Waals surface area contributed by atoms with E-state index in [9.17, 15) is 4.79 Å². The van der Waals surface area contributed by atoms with E-state index in [-0.39, 0.29) is 6.42 Å². The van der Waals surface area contributed by atoms with Crippen LogP contribution in [0.1, 0.15) is 58.3 Å². The van der Waals surface area contributed by atoms with Crippen molar-refractivity contribution in [2.75, 3.05) is 0 Å². The molecule has 0 amide bonds. The maximum Gasteiger partial charge on any atom is 0.303 e. The number of carboxylic acids is 1. The highest BCUT2D eigenvalue weighted by molar-refractivity contribution is 5.66. The Hall–Kier alpha value is -1.87. The van der Waals surface area contributed by atoms with Crippen molar-refractivity contribution in [1.82, 2.24) is 0 Å². The summed E-state index contributed by atoms with van der Waals surface area (Å²) in [4.78, 5) is 10.3. The molecule has 2 atom stereocenters. The Balaban J connectivity index is 1.96. The molecule has 1 saturated heterocycles. The van der Waals surface area contributed by atoms with E-state index in [0.717, 1.165) is 38.5 Å². The fourth-order valence-electron chi connectivity index (χ4n) is 2.36. The van der Waals surface area contributed by atoms with E-state index in [1.165, 1.54) is 0 Å². The Morgan fingerprint density at radius 2 is 1.28 bits per heavy atom. The number of hydrogen-bond acceptors (Lipinski definition) is 2. The second-order valence-electron chi connectivity index (χ2n) is 6.09. The summed E-state index contributed by atoms with van der Waals surface area (Å²) in [7, 11) is 0. The number of epoxide rings is 1. The van der Waals surface area contributed by atoms with Crippen LogP contribution in [-0.2, 0) is 9.53 Å². The van der Waals surface area contributed by atoms with Crippen molar-refractivity contribution in [3.8, 4) is 0 Å². The molecule has 1 fully saturated rings. The monoisotopic (exact) mass is 344 g/mol. The van der Waals surface area contributed by atoms with Gasteiger partial charge in [-0.05, 0) is 44.9 Å². The van der Waals surface area contributed by atoms with E-state index in [1.54, 1.807) is 0 Å². The van der Waals surface area contributed by atoms with E-state index in [1.807, 2.05) is 12.2 Å². The molecule has 1 rings (SSSR count). The Labute approximate surface area is 152 Å². The molecule has 3 heteroatoms. The predicted octanol–water partition coefficient (Wildman–Crippen LogP) is 5.76. The van der Waals surface area contributed by atoms with Crippen LogP contribution >= 0.6 is 0 Å². The molecule has 1 aliphatic rings. The van der Waals surface area contributed by atoms with Crippen LogP contribution in [-0.4, -0.2) is 23.3 Å². The average molecular weight is 344 g/mol. The van der Waals surface area contributed by atoms with E-state index >= 15 is 0 Å². The molecule has 0 saturated carbocycles. The van der Waals surface area contributed by atoms with Crippen LogP contribution in [0.15, 0.2) is 60.8 Å². The van der Waals surface area contributed by atoms with Gasteiger partial charge in [-0.1, -0.05) is 67.7 Å². The summed E-state index contributed by atoms with van der Waals surface area (Å²) in [5, 5.41) is 8.51. The first-order valence-electron chi connectivity index (χ1n) is 9.36. The quantitative estimate of drug-likeness (QED) is 0.322. The molecule has 138 valence electrons. The summed E-state index contributed by atoms with van der Waals surface area (Å²) >= 11 is 0. The van der Waals surface area contributed by atoms with Crippen molar-refractivity contribution in [1.29, 1.82) is 0 Å². The lowest BCUT2D eigenvalue weighted by Crippen LogP contribution is -1.91. The maximum absolute atomic E-state index is 10.3. The van der Waals surface area contributed by atoms with Gasteiger partial charge in [-0.2, -0.15) is 0 Å². The Bertz CT molecular complexity index is 497. The van der Waals surface area contributed by atoms with E-state index in [4.69, 9.17) is 9.84 Å². The molecule has 0 aromatic heterocycles. The van der Waals surface area contributed by atoms with Crippen LogP contribution in [0.2, 0.25) is 0 Å². The molecule has 1 N–H and O–H groups in total. The van der Waals surface area contributed by atoms with Crippen molar-refractivity contribution in [3.05, 3.63) is 60.8 Å². The number of ether oxygens (including phenoxy) is 1. The SMILES string of the molecule is CC/C=C\C/C=C\C[C@@H]1O[C@@H]1C/C=C\C/C=C\C/C=C\CCC(=O)O. The van der Waals surface area contributed by atoms with Gasteiger partial charge in [0.15, 0.2) is 0 Å². The number of aliphatic carboxylic acids is 1. The van der Waals surface area contributed by atoms with E-state index in [2.05, 4.69) is 55.5 Å². The van der Waals surface area contributed by atoms with Gasteiger partial charge in [-0.25, -0.2) is 0 Å². The van der Waals surface area contributed by atoms with Crippen LogP contribution in [0.25, 0.3) is 0 Å². The van der Waals surface area contributed by atoms with Gasteiger partial charge in [0.25, 0.3) is 0 Å². The number of rotatable bonds is 14. The molecular formula is C22H32O3. The van der Waals surface area contributed by atoms with Gasteiger partial charge in [-0.3, -0.25) is 4.79 Å². The largest absolute Gasteiger partial charge is 0.481 e. The fourth-order valence-corrected chi connectivity index (χ4v) is 2.36. The summed E-state index contributed by atoms with van der Waals surface area (Å²) in [6.07, 6.45) is 28.9. The minimum atomic E-state index is -0.743. The molecular weight excluding hydrogens is 312 g/mol. The number of carboxylic acid groups (broad SMARTS) is 1. The lowest BCUT2D eigenvalue weighted by Gasteiger charge is -1.88. The van der Waals surface area contributed by atoms with Gasteiger partial charge < -0.3 is 9.84 Å². The van der Waals surface area contributed by atoms with Gasteiger partial charge in [0.05, 0.1) is 12.2 Å². The Morgan fingerprint density at radius 1 is 0.800 bits per heavy atom. The standard InChI is InChI=1S/C22H32O3/c1-2-3-4-5-11-14-17-20-21(25-20)18-15-12-9-7-6-8-10-13-16-19-22(23)24/h3-4,6-7,10-15,20-21H,2,5,8-9,16-19H2,1H3,(H,23,24)/b4-3-,7-6-,13-10-,14-11-,15-12-/t20-,21+/m0/s1. The van der Waals surface area contributed by atoms with Gasteiger partial charge in [0.2, 0.25) is 0 Å². The van der Waals surface area contributed by atoms with Gasteiger partial charge in [0.1, 0.15) is 0 Å². The summed E-state index contributed by atoms with van der Waals surface area (Å²) in [5.74, 6) is -0.743. The van der Waals surface area contributed by atoms with Crippen molar-refractivity contribution >= 4 is 5.97 Å². The van der Waals surface area contributed by atoms with Gasteiger partial charge in [-0.15, -0.1) is 0 Å². The molecule has 25 heavy (non-hydrogen) atoms. The first-order chi connectivity index (χ1) is 12.2. The third-order valence-electron chi connectivity index (χ3n) is 3.83. The molecule has 0 aromatic rings. The first kappa shape index (κ1) is 21.2. The Morgan fingerprint density at radius 3 is 1.80 bits per heavy atom. The molecule has 0 bridgehead atoms. The third kappa shape index (κ3) is 13.1. The fraction of sp³-hybridized carbons (Fsp3) is 0.500. The Kier molecular flexibility index (Phi) is 12.3. The molecule has 0 unspecified atom stereocenters. The zero-order chi connectivity index (χ0) is 18.2. The summed E-state index contributed by atoms with van der Waals surface area (Å²) in [6, 6.07) is 0. The maximum atomic E-state index is 10.3. The lowest BCUT2D eigenvalue weighted by atomic mass is 10.1. The second kappa shape index (κ2) is 14.5. The zero-order valence-corrected chi connectivity index (χ0v) is 15.3.